The third kappa shape index (κ3) is 2.02. The van der Waals surface area contributed by atoms with E-state index in [2.05, 4.69) is 20.9 Å². The second-order valence-corrected chi connectivity index (χ2v) is 4.53. The molecule has 0 saturated heterocycles. The monoisotopic (exact) mass is 282 g/mol. The zero-order chi connectivity index (χ0) is 11.7. The van der Waals surface area contributed by atoms with E-state index < -0.39 is 0 Å². The van der Waals surface area contributed by atoms with E-state index in [0.29, 0.717) is 5.69 Å². The Morgan fingerprint density at radius 3 is 2.81 bits per heavy atom. The molecule has 0 radical (unpaired) electrons. The number of hydrogen-bond acceptors (Lipinski definition) is 1. The second kappa shape index (κ2) is 4.37. The van der Waals surface area contributed by atoms with E-state index in [4.69, 9.17) is 0 Å². The number of aryl methyl sites for hydroxylation is 2. The lowest BCUT2D eigenvalue weighted by atomic mass is 10.3. The lowest BCUT2D eigenvalue weighted by Crippen LogP contribution is -2.01. The lowest BCUT2D eigenvalue weighted by Gasteiger charge is -2.07. The van der Waals surface area contributed by atoms with Gasteiger partial charge in [0.2, 0.25) is 0 Å². The van der Waals surface area contributed by atoms with Gasteiger partial charge in [-0.1, -0.05) is 22.9 Å². The Kier molecular flexibility index (Phi) is 3.10. The van der Waals surface area contributed by atoms with E-state index in [1.54, 1.807) is 10.6 Å². The number of halogens is 2. The zero-order valence-electron chi connectivity index (χ0n) is 9.17. The largest absolute Gasteiger partial charge is 0.301 e. The average molecular weight is 283 g/mol. The summed E-state index contributed by atoms with van der Waals surface area (Å²) in [5.74, 6) is 0.625. The first-order chi connectivity index (χ1) is 7.61. The van der Waals surface area contributed by atoms with E-state index in [0.717, 1.165) is 22.4 Å². The van der Waals surface area contributed by atoms with Gasteiger partial charge < -0.3 is 4.57 Å². The number of rotatable bonds is 2. The minimum Gasteiger partial charge on any atom is -0.301 e. The molecule has 1 aromatic heterocycles. The number of imidazole rings is 1. The average Bonchev–Trinajstić information content (AvgIpc) is 2.59. The van der Waals surface area contributed by atoms with Gasteiger partial charge in [-0.3, -0.25) is 0 Å². The summed E-state index contributed by atoms with van der Waals surface area (Å²) in [6.45, 7) is 3.92. The molecule has 0 N–H and O–H groups in total. The van der Waals surface area contributed by atoms with Crippen LogP contribution < -0.4 is 0 Å². The first-order valence-corrected chi connectivity index (χ1v) is 5.91. The van der Waals surface area contributed by atoms with Crippen LogP contribution in [0.4, 0.5) is 4.39 Å². The molecule has 0 spiro atoms. The van der Waals surface area contributed by atoms with Gasteiger partial charge in [0.05, 0.1) is 11.4 Å². The molecule has 2 rings (SSSR count). The molecular weight excluding hydrogens is 271 g/mol. The zero-order valence-corrected chi connectivity index (χ0v) is 10.8. The van der Waals surface area contributed by atoms with E-state index in [1.807, 2.05) is 26.1 Å². The Balaban J connectivity index is 2.57. The second-order valence-electron chi connectivity index (χ2n) is 3.62. The van der Waals surface area contributed by atoms with Gasteiger partial charge >= 0.3 is 0 Å². The van der Waals surface area contributed by atoms with Crippen molar-refractivity contribution in [3.8, 4) is 5.69 Å². The Bertz CT molecular complexity index is 520. The van der Waals surface area contributed by atoms with Gasteiger partial charge in [0.15, 0.2) is 0 Å². The molecule has 1 heterocycles. The molecule has 0 atom stereocenters. The van der Waals surface area contributed by atoms with Crippen molar-refractivity contribution in [1.29, 1.82) is 0 Å². The van der Waals surface area contributed by atoms with Crippen molar-refractivity contribution in [3.05, 3.63) is 46.2 Å². The van der Waals surface area contributed by atoms with Gasteiger partial charge in [-0.15, -0.1) is 0 Å². The van der Waals surface area contributed by atoms with Crippen LogP contribution in [-0.2, 0) is 6.42 Å². The van der Waals surface area contributed by atoms with E-state index in [9.17, 15) is 4.39 Å². The molecule has 0 fully saturated rings. The minimum atomic E-state index is -0.249. The molecule has 2 aromatic rings. The number of nitrogens with zero attached hydrogens (tertiary/aromatic N) is 2. The van der Waals surface area contributed by atoms with Gasteiger partial charge in [0.25, 0.3) is 0 Å². The SMILES string of the molecule is CCc1nc(C)cn1-c1ccc(Br)cc1F. The summed E-state index contributed by atoms with van der Waals surface area (Å²) in [4.78, 5) is 4.35. The summed E-state index contributed by atoms with van der Waals surface area (Å²) in [7, 11) is 0. The molecule has 16 heavy (non-hydrogen) atoms. The van der Waals surface area contributed by atoms with E-state index >= 15 is 0 Å². The van der Waals surface area contributed by atoms with Gasteiger partial charge in [-0.25, -0.2) is 9.37 Å². The molecule has 0 aliphatic heterocycles. The summed E-state index contributed by atoms with van der Waals surface area (Å²) >= 11 is 3.24. The first-order valence-electron chi connectivity index (χ1n) is 5.12. The van der Waals surface area contributed by atoms with Crippen molar-refractivity contribution in [3.63, 3.8) is 0 Å². The highest BCUT2D eigenvalue weighted by Gasteiger charge is 2.10. The summed E-state index contributed by atoms with van der Waals surface area (Å²) in [6, 6.07) is 5.04. The standard InChI is InChI=1S/C12H12BrFN2/c1-3-12-15-8(2)7-16(12)11-5-4-9(13)6-10(11)14/h4-7H,3H2,1-2H3. The first kappa shape index (κ1) is 11.3. The molecule has 0 aliphatic rings. The number of hydrogen-bond donors (Lipinski definition) is 0. The highest BCUT2D eigenvalue weighted by molar-refractivity contribution is 9.10. The van der Waals surface area contributed by atoms with Crippen molar-refractivity contribution in [2.75, 3.05) is 0 Å². The van der Waals surface area contributed by atoms with Crippen LogP contribution in [0.25, 0.3) is 5.69 Å². The summed E-state index contributed by atoms with van der Waals surface area (Å²) < 4.78 is 16.3. The molecule has 2 nitrogen and oxygen atoms in total. The normalized spacial score (nSPS) is 10.8. The van der Waals surface area contributed by atoms with Crippen LogP contribution in [0.1, 0.15) is 18.4 Å². The summed E-state index contributed by atoms with van der Waals surface area (Å²) in [6.07, 6.45) is 2.63. The smallest absolute Gasteiger partial charge is 0.148 e. The molecule has 0 amide bonds. The Hall–Kier alpha value is -1.16. The fourth-order valence-corrected chi connectivity index (χ4v) is 2.02. The number of benzene rings is 1. The van der Waals surface area contributed by atoms with Gasteiger partial charge in [-0.05, 0) is 25.1 Å². The third-order valence-electron chi connectivity index (χ3n) is 2.38. The minimum absolute atomic E-state index is 0.249. The van der Waals surface area contributed by atoms with Crippen molar-refractivity contribution < 1.29 is 4.39 Å². The molecule has 1 aromatic carbocycles. The topological polar surface area (TPSA) is 17.8 Å². The highest BCUT2D eigenvalue weighted by atomic mass is 79.9. The molecule has 0 saturated carbocycles. The van der Waals surface area contributed by atoms with Crippen molar-refractivity contribution in [2.45, 2.75) is 20.3 Å². The van der Waals surface area contributed by atoms with Crippen LogP contribution in [0.15, 0.2) is 28.9 Å². The Labute approximate surface area is 102 Å². The molecule has 84 valence electrons. The fourth-order valence-electron chi connectivity index (χ4n) is 1.68. The highest BCUT2D eigenvalue weighted by Crippen LogP contribution is 2.20. The van der Waals surface area contributed by atoms with E-state index in [1.165, 1.54) is 6.07 Å². The maximum atomic E-state index is 13.8. The van der Waals surface area contributed by atoms with Crippen LogP contribution in [0, 0.1) is 12.7 Å². The number of aromatic nitrogens is 2. The fraction of sp³-hybridized carbons (Fsp3) is 0.250. The van der Waals surface area contributed by atoms with Crippen LogP contribution in [0.2, 0.25) is 0 Å². The third-order valence-corrected chi connectivity index (χ3v) is 2.88. The maximum absolute atomic E-state index is 13.8. The predicted octanol–water partition coefficient (Wildman–Crippen LogP) is 3.64. The Morgan fingerprint density at radius 2 is 2.19 bits per heavy atom. The van der Waals surface area contributed by atoms with Crippen LogP contribution in [0.3, 0.4) is 0 Å². The van der Waals surface area contributed by atoms with Crippen LogP contribution in [-0.4, -0.2) is 9.55 Å². The molecule has 0 aliphatic carbocycles. The Morgan fingerprint density at radius 1 is 1.44 bits per heavy atom. The van der Waals surface area contributed by atoms with Crippen LogP contribution >= 0.6 is 15.9 Å². The van der Waals surface area contributed by atoms with Gasteiger partial charge in [0, 0.05) is 17.1 Å². The van der Waals surface area contributed by atoms with E-state index in [-0.39, 0.29) is 5.82 Å². The lowest BCUT2D eigenvalue weighted by molar-refractivity contribution is 0.614. The predicted molar refractivity (Wildman–Crippen MR) is 65.3 cm³/mol. The molecule has 0 unspecified atom stereocenters. The molecule has 4 heteroatoms. The van der Waals surface area contributed by atoms with Crippen molar-refractivity contribution in [2.24, 2.45) is 0 Å². The van der Waals surface area contributed by atoms with Gasteiger partial charge in [0.1, 0.15) is 11.6 Å². The molecular formula is C12H12BrFN2. The summed E-state index contributed by atoms with van der Waals surface area (Å²) in [5.41, 5.74) is 1.44. The van der Waals surface area contributed by atoms with Gasteiger partial charge in [-0.2, -0.15) is 0 Å². The maximum Gasteiger partial charge on any atom is 0.148 e. The van der Waals surface area contributed by atoms with Crippen molar-refractivity contribution in [1.82, 2.24) is 9.55 Å². The quantitative estimate of drug-likeness (QED) is 0.822. The van der Waals surface area contributed by atoms with Crippen molar-refractivity contribution >= 4 is 15.9 Å². The molecule has 0 bridgehead atoms. The van der Waals surface area contributed by atoms with Crippen LogP contribution in [0.5, 0.6) is 0 Å². The summed E-state index contributed by atoms with van der Waals surface area (Å²) in [5, 5.41) is 0.